The largest absolute Gasteiger partial charge is 0.459 e. The first-order valence-electron chi connectivity index (χ1n) is 9.04. The van der Waals surface area contributed by atoms with Gasteiger partial charge in [0.2, 0.25) is 0 Å². The van der Waals surface area contributed by atoms with E-state index in [4.69, 9.17) is 16.0 Å². The average molecular weight is 395 g/mol. The molecule has 0 aliphatic carbocycles. The molecular formula is C21H19ClN4O2. The van der Waals surface area contributed by atoms with Crippen LogP contribution in [0, 0.1) is 0 Å². The highest BCUT2D eigenvalue weighted by Gasteiger charge is 2.13. The van der Waals surface area contributed by atoms with E-state index in [2.05, 4.69) is 20.3 Å². The predicted molar refractivity (Wildman–Crippen MR) is 111 cm³/mol. The number of aromatic amines is 1. The number of nitrogens with one attached hydrogen (secondary N) is 2. The first-order valence-corrected chi connectivity index (χ1v) is 9.42. The van der Waals surface area contributed by atoms with E-state index >= 15 is 0 Å². The van der Waals surface area contributed by atoms with Gasteiger partial charge in [-0.2, -0.15) is 0 Å². The number of furan rings is 1. The summed E-state index contributed by atoms with van der Waals surface area (Å²) in [6, 6.07) is 12.7. The van der Waals surface area contributed by atoms with Crippen LogP contribution in [0.15, 0.2) is 57.9 Å². The Kier molecular flexibility index (Phi) is 4.88. The molecule has 7 heteroatoms. The number of nitrogens with zero attached hydrogens (tertiary/aromatic N) is 2. The van der Waals surface area contributed by atoms with E-state index in [1.807, 2.05) is 44.2 Å². The quantitative estimate of drug-likeness (QED) is 0.499. The molecule has 0 saturated heterocycles. The summed E-state index contributed by atoms with van der Waals surface area (Å²) in [6.45, 7) is 3.96. The van der Waals surface area contributed by atoms with Crippen LogP contribution in [0.4, 0.5) is 5.82 Å². The second-order valence-electron chi connectivity index (χ2n) is 6.57. The van der Waals surface area contributed by atoms with Crippen LogP contribution >= 0.6 is 11.6 Å². The zero-order valence-corrected chi connectivity index (χ0v) is 16.2. The van der Waals surface area contributed by atoms with Crippen LogP contribution < -0.4 is 10.9 Å². The van der Waals surface area contributed by atoms with E-state index in [-0.39, 0.29) is 11.6 Å². The molecule has 0 radical (unpaired) electrons. The zero-order chi connectivity index (χ0) is 19.7. The van der Waals surface area contributed by atoms with Crippen molar-refractivity contribution in [3.8, 4) is 11.4 Å². The van der Waals surface area contributed by atoms with Crippen molar-refractivity contribution in [3.63, 3.8) is 0 Å². The minimum absolute atomic E-state index is 0.0779. The maximum Gasteiger partial charge on any atom is 0.251 e. The molecule has 0 spiro atoms. The van der Waals surface area contributed by atoms with Crippen molar-refractivity contribution in [2.24, 2.45) is 0 Å². The molecule has 3 heterocycles. The van der Waals surface area contributed by atoms with Gasteiger partial charge in [0.15, 0.2) is 0 Å². The van der Waals surface area contributed by atoms with E-state index < -0.39 is 0 Å². The Morgan fingerprint density at radius 1 is 1.21 bits per heavy atom. The Labute approximate surface area is 166 Å². The van der Waals surface area contributed by atoms with Crippen molar-refractivity contribution in [2.45, 2.75) is 26.3 Å². The molecule has 4 aromatic rings. The van der Waals surface area contributed by atoms with Gasteiger partial charge < -0.3 is 14.7 Å². The first-order chi connectivity index (χ1) is 13.5. The van der Waals surface area contributed by atoms with E-state index in [9.17, 15) is 4.79 Å². The van der Waals surface area contributed by atoms with Gasteiger partial charge in [0, 0.05) is 33.9 Å². The maximum atomic E-state index is 11.8. The maximum absolute atomic E-state index is 11.8. The van der Waals surface area contributed by atoms with Crippen LogP contribution in [0.25, 0.3) is 22.4 Å². The number of hydrogen-bond donors (Lipinski definition) is 2. The third kappa shape index (κ3) is 3.77. The molecule has 2 N–H and O–H groups in total. The van der Waals surface area contributed by atoms with E-state index in [1.54, 1.807) is 12.3 Å². The van der Waals surface area contributed by atoms with Crippen LogP contribution in [0.3, 0.4) is 0 Å². The van der Waals surface area contributed by atoms with Gasteiger partial charge >= 0.3 is 0 Å². The normalized spacial score (nSPS) is 12.2. The summed E-state index contributed by atoms with van der Waals surface area (Å²) in [4.78, 5) is 23.4. The van der Waals surface area contributed by atoms with Gasteiger partial charge in [-0.1, -0.05) is 18.5 Å². The molecule has 0 fully saturated rings. The number of rotatable bonds is 5. The summed E-state index contributed by atoms with van der Waals surface area (Å²) < 4.78 is 5.89. The summed E-state index contributed by atoms with van der Waals surface area (Å²) in [5, 5.41) is 4.96. The fourth-order valence-corrected chi connectivity index (χ4v) is 3.17. The van der Waals surface area contributed by atoms with Crippen molar-refractivity contribution in [2.75, 3.05) is 5.32 Å². The van der Waals surface area contributed by atoms with Crippen molar-refractivity contribution >= 4 is 28.4 Å². The number of halogens is 1. The van der Waals surface area contributed by atoms with Crippen LogP contribution in [-0.4, -0.2) is 15.0 Å². The molecule has 1 unspecified atom stereocenters. The van der Waals surface area contributed by atoms with E-state index in [0.717, 1.165) is 28.0 Å². The lowest BCUT2D eigenvalue weighted by atomic mass is 10.2. The lowest BCUT2D eigenvalue weighted by Crippen LogP contribution is -2.10. The fourth-order valence-electron chi connectivity index (χ4n) is 2.99. The SMILES string of the molecule is CCc1cc(=O)[nH]c(-c2ccc(NC(C)c3cc4cc(Cl)ccc4o3)nc2)n1. The summed E-state index contributed by atoms with van der Waals surface area (Å²) in [5.41, 5.74) is 2.13. The molecule has 28 heavy (non-hydrogen) atoms. The van der Waals surface area contributed by atoms with Gasteiger partial charge in [-0.05, 0) is 49.7 Å². The summed E-state index contributed by atoms with van der Waals surface area (Å²) in [5.74, 6) is 2.01. The number of pyridine rings is 1. The van der Waals surface area contributed by atoms with Gasteiger partial charge in [-0.25, -0.2) is 9.97 Å². The minimum Gasteiger partial charge on any atom is -0.459 e. The third-order valence-corrected chi connectivity index (χ3v) is 4.72. The molecule has 6 nitrogen and oxygen atoms in total. The highest BCUT2D eigenvalue weighted by molar-refractivity contribution is 6.31. The van der Waals surface area contributed by atoms with Crippen molar-refractivity contribution in [1.29, 1.82) is 0 Å². The lowest BCUT2D eigenvalue weighted by Gasteiger charge is -2.12. The van der Waals surface area contributed by atoms with Crippen LogP contribution in [0.5, 0.6) is 0 Å². The number of fused-ring (bicyclic) bond motifs is 1. The Hall–Kier alpha value is -3.12. The van der Waals surface area contributed by atoms with Gasteiger partial charge in [-0.3, -0.25) is 4.79 Å². The molecule has 1 aromatic carbocycles. The van der Waals surface area contributed by atoms with Crippen molar-refractivity contribution in [1.82, 2.24) is 15.0 Å². The predicted octanol–water partition coefficient (Wildman–Crippen LogP) is 4.97. The molecule has 0 bridgehead atoms. The van der Waals surface area contributed by atoms with Gasteiger partial charge in [0.1, 0.15) is 23.0 Å². The molecule has 0 aliphatic heterocycles. The highest BCUT2D eigenvalue weighted by Crippen LogP contribution is 2.28. The molecular weight excluding hydrogens is 376 g/mol. The molecule has 0 saturated carbocycles. The molecule has 1 atom stereocenters. The van der Waals surface area contributed by atoms with Gasteiger partial charge in [0.05, 0.1) is 6.04 Å². The van der Waals surface area contributed by atoms with Crippen molar-refractivity contribution in [3.05, 3.63) is 75.5 Å². The van der Waals surface area contributed by atoms with Crippen molar-refractivity contribution < 1.29 is 4.42 Å². The number of anilines is 1. The Bertz CT molecular complexity index is 1180. The third-order valence-electron chi connectivity index (χ3n) is 4.48. The number of aromatic nitrogens is 3. The average Bonchev–Trinajstić information content (AvgIpc) is 3.11. The Morgan fingerprint density at radius 2 is 2.07 bits per heavy atom. The van der Waals surface area contributed by atoms with E-state index in [1.165, 1.54) is 6.07 Å². The van der Waals surface area contributed by atoms with Gasteiger partial charge in [-0.15, -0.1) is 0 Å². The number of H-pyrrole nitrogens is 1. The first kappa shape index (κ1) is 18.3. The molecule has 3 aromatic heterocycles. The van der Waals surface area contributed by atoms with Crippen LogP contribution in [0.1, 0.15) is 31.3 Å². The fraction of sp³-hybridized carbons (Fsp3) is 0.190. The summed E-state index contributed by atoms with van der Waals surface area (Å²) >= 11 is 6.04. The zero-order valence-electron chi connectivity index (χ0n) is 15.5. The lowest BCUT2D eigenvalue weighted by molar-refractivity contribution is 0.525. The van der Waals surface area contributed by atoms with Gasteiger partial charge in [0.25, 0.3) is 5.56 Å². The Morgan fingerprint density at radius 3 is 2.82 bits per heavy atom. The number of aryl methyl sites for hydroxylation is 1. The molecule has 142 valence electrons. The summed E-state index contributed by atoms with van der Waals surface area (Å²) in [7, 11) is 0. The number of benzene rings is 1. The Balaban J connectivity index is 1.53. The monoisotopic (exact) mass is 394 g/mol. The highest BCUT2D eigenvalue weighted by atomic mass is 35.5. The molecule has 4 rings (SSSR count). The van der Waals surface area contributed by atoms with E-state index in [0.29, 0.717) is 23.1 Å². The smallest absolute Gasteiger partial charge is 0.251 e. The topological polar surface area (TPSA) is 83.8 Å². The van der Waals surface area contributed by atoms with Crippen LogP contribution in [-0.2, 0) is 6.42 Å². The summed E-state index contributed by atoms with van der Waals surface area (Å²) in [6.07, 6.45) is 2.38. The second-order valence-corrected chi connectivity index (χ2v) is 7.00. The number of hydrogen-bond acceptors (Lipinski definition) is 5. The molecule has 0 amide bonds. The minimum atomic E-state index is -0.164. The standard InChI is InChI=1S/C21H19ClN4O2/c1-3-16-10-20(27)26-21(25-16)13-4-7-19(23-11-13)24-12(2)18-9-14-8-15(22)5-6-17(14)28-18/h4-12H,3H2,1-2H3,(H,23,24)(H,25,26,27). The van der Waals surface area contributed by atoms with Crippen LogP contribution in [0.2, 0.25) is 5.02 Å². The molecule has 0 aliphatic rings. The second kappa shape index (κ2) is 7.48.